The standard InChI is InChI=1S/C20H20N8O2/c1-11-2-4-12(5-3-11)9-21-18-25-16-13(8-15-17(29)26-20(30)24-15)10-22-28(16)19(27-18)23-14-6-7-14/h2-5,8,10,14H,6-7,9H2,1H3,(H2,21,23,25,27)(H2,24,26,29,30)/b15-8-. The number of urea groups is 1. The Morgan fingerprint density at radius 3 is 2.67 bits per heavy atom. The topological polar surface area (TPSA) is 125 Å². The van der Waals surface area contributed by atoms with Crippen molar-refractivity contribution >= 4 is 35.6 Å². The fraction of sp³-hybridized carbons (Fsp3) is 0.250. The highest BCUT2D eigenvalue weighted by Crippen LogP contribution is 2.25. The molecule has 0 spiro atoms. The number of nitrogens with one attached hydrogen (secondary N) is 4. The second kappa shape index (κ2) is 7.14. The van der Waals surface area contributed by atoms with Crippen molar-refractivity contribution in [3.63, 3.8) is 0 Å². The van der Waals surface area contributed by atoms with Crippen LogP contribution in [0.1, 0.15) is 29.5 Å². The van der Waals surface area contributed by atoms with Gasteiger partial charge in [0.25, 0.3) is 5.91 Å². The van der Waals surface area contributed by atoms with Crippen molar-refractivity contribution in [2.24, 2.45) is 0 Å². The van der Waals surface area contributed by atoms with Crippen LogP contribution < -0.4 is 21.3 Å². The molecule has 30 heavy (non-hydrogen) atoms. The van der Waals surface area contributed by atoms with Gasteiger partial charge < -0.3 is 16.0 Å². The minimum absolute atomic E-state index is 0.152. The van der Waals surface area contributed by atoms with Crippen LogP contribution in [0, 0.1) is 6.92 Å². The highest BCUT2D eigenvalue weighted by atomic mass is 16.2. The quantitative estimate of drug-likeness (QED) is 0.365. The molecule has 2 aromatic heterocycles. The number of aromatic nitrogens is 4. The Morgan fingerprint density at radius 2 is 1.97 bits per heavy atom. The number of nitrogens with zero attached hydrogens (tertiary/aromatic N) is 4. The van der Waals surface area contributed by atoms with Crippen molar-refractivity contribution in [1.82, 2.24) is 30.2 Å². The third-order valence-corrected chi connectivity index (χ3v) is 4.90. The van der Waals surface area contributed by atoms with E-state index in [2.05, 4.69) is 60.6 Å². The molecule has 10 heteroatoms. The summed E-state index contributed by atoms with van der Waals surface area (Å²) in [5, 5.41) is 15.7. The summed E-state index contributed by atoms with van der Waals surface area (Å²) in [5.74, 6) is 0.548. The van der Waals surface area contributed by atoms with Gasteiger partial charge in [0.1, 0.15) is 5.70 Å². The van der Waals surface area contributed by atoms with Gasteiger partial charge in [0, 0.05) is 18.2 Å². The molecule has 0 atom stereocenters. The fourth-order valence-corrected chi connectivity index (χ4v) is 3.10. The molecule has 1 saturated heterocycles. The van der Waals surface area contributed by atoms with Crippen molar-refractivity contribution in [3.8, 4) is 0 Å². The largest absolute Gasteiger partial charge is 0.351 e. The van der Waals surface area contributed by atoms with Crippen LogP contribution in [0.4, 0.5) is 16.7 Å². The Hall–Kier alpha value is -3.95. The first-order valence-electron chi connectivity index (χ1n) is 9.71. The highest BCUT2D eigenvalue weighted by Gasteiger charge is 2.25. The molecule has 1 saturated carbocycles. The summed E-state index contributed by atoms with van der Waals surface area (Å²) in [6, 6.07) is 8.06. The molecular formula is C20H20N8O2. The molecule has 3 heterocycles. The number of carbonyl (C=O) groups is 2. The molecule has 4 N–H and O–H groups in total. The van der Waals surface area contributed by atoms with Crippen LogP contribution in [-0.2, 0) is 11.3 Å². The molecule has 10 nitrogen and oxygen atoms in total. The number of aryl methyl sites for hydroxylation is 1. The van der Waals surface area contributed by atoms with Crippen LogP contribution in [0.2, 0.25) is 0 Å². The zero-order valence-corrected chi connectivity index (χ0v) is 16.3. The summed E-state index contributed by atoms with van der Waals surface area (Å²) in [5.41, 5.74) is 3.59. The van der Waals surface area contributed by atoms with Gasteiger partial charge in [-0.05, 0) is 31.4 Å². The summed E-state index contributed by atoms with van der Waals surface area (Å²) in [7, 11) is 0. The van der Waals surface area contributed by atoms with Crippen LogP contribution in [0.25, 0.3) is 11.7 Å². The molecule has 5 rings (SSSR count). The molecule has 152 valence electrons. The van der Waals surface area contributed by atoms with Crippen LogP contribution >= 0.6 is 0 Å². The first-order valence-corrected chi connectivity index (χ1v) is 9.71. The summed E-state index contributed by atoms with van der Waals surface area (Å²) < 4.78 is 1.61. The Bertz CT molecular complexity index is 1180. The van der Waals surface area contributed by atoms with Gasteiger partial charge in [-0.2, -0.15) is 19.6 Å². The normalized spacial score (nSPS) is 17.3. The molecule has 1 aromatic carbocycles. The van der Waals surface area contributed by atoms with Crippen molar-refractivity contribution in [2.45, 2.75) is 32.4 Å². The second-order valence-corrected chi connectivity index (χ2v) is 7.43. The van der Waals surface area contributed by atoms with Crippen LogP contribution in [0.5, 0.6) is 0 Å². The molecular weight excluding hydrogens is 384 g/mol. The van der Waals surface area contributed by atoms with Gasteiger partial charge in [0.15, 0.2) is 5.65 Å². The van der Waals surface area contributed by atoms with Gasteiger partial charge in [0.2, 0.25) is 11.9 Å². The smallest absolute Gasteiger partial charge is 0.326 e. The predicted octanol–water partition coefficient (Wildman–Crippen LogP) is 1.80. The number of anilines is 2. The molecule has 3 aromatic rings. The van der Waals surface area contributed by atoms with Crippen molar-refractivity contribution < 1.29 is 9.59 Å². The number of rotatable bonds is 6. The van der Waals surface area contributed by atoms with Crippen molar-refractivity contribution in [1.29, 1.82) is 0 Å². The minimum atomic E-state index is -0.547. The average molecular weight is 404 g/mol. The number of fused-ring (bicyclic) bond motifs is 1. The lowest BCUT2D eigenvalue weighted by Crippen LogP contribution is -2.22. The summed E-state index contributed by atoms with van der Waals surface area (Å²) in [6.45, 7) is 2.62. The lowest BCUT2D eigenvalue weighted by molar-refractivity contribution is -0.115. The second-order valence-electron chi connectivity index (χ2n) is 7.43. The number of hydrogen-bond donors (Lipinski definition) is 4. The lowest BCUT2D eigenvalue weighted by Gasteiger charge is -2.10. The van der Waals surface area contributed by atoms with Gasteiger partial charge in [-0.1, -0.05) is 29.8 Å². The van der Waals surface area contributed by atoms with E-state index in [4.69, 9.17) is 0 Å². The van der Waals surface area contributed by atoms with E-state index in [1.165, 1.54) is 5.56 Å². The Balaban J connectivity index is 1.49. The number of hydrogen-bond acceptors (Lipinski definition) is 7. The molecule has 2 fully saturated rings. The van der Waals surface area contributed by atoms with E-state index < -0.39 is 11.9 Å². The Kier molecular flexibility index (Phi) is 4.31. The molecule has 0 radical (unpaired) electrons. The maximum Gasteiger partial charge on any atom is 0.326 e. The third kappa shape index (κ3) is 3.66. The van der Waals surface area contributed by atoms with Crippen LogP contribution in [-0.4, -0.2) is 37.6 Å². The average Bonchev–Trinajstić information content (AvgIpc) is 3.36. The fourth-order valence-electron chi connectivity index (χ4n) is 3.10. The minimum Gasteiger partial charge on any atom is -0.351 e. The van der Waals surface area contributed by atoms with E-state index in [0.717, 1.165) is 18.4 Å². The van der Waals surface area contributed by atoms with Crippen molar-refractivity contribution in [3.05, 3.63) is 52.8 Å². The van der Waals surface area contributed by atoms with Crippen molar-refractivity contribution in [2.75, 3.05) is 10.6 Å². The monoisotopic (exact) mass is 404 g/mol. The van der Waals surface area contributed by atoms with Gasteiger partial charge in [0.05, 0.1) is 6.20 Å². The van der Waals surface area contributed by atoms with Gasteiger partial charge in [-0.15, -0.1) is 0 Å². The molecule has 1 aliphatic heterocycles. The number of carbonyl (C=O) groups excluding carboxylic acids is 2. The van der Waals surface area contributed by atoms with Gasteiger partial charge in [-0.3, -0.25) is 10.1 Å². The van der Waals surface area contributed by atoms with E-state index in [1.807, 2.05) is 6.92 Å². The number of amides is 3. The Labute approximate surface area is 171 Å². The summed E-state index contributed by atoms with van der Waals surface area (Å²) in [6.07, 6.45) is 5.32. The van der Waals surface area contributed by atoms with E-state index in [1.54, 1.807) is 16.8 Å². The summed E-state index contributed by atoms with van der Waals surface area (Å²) in [4.78, 5) is 32.4. The highest BCUT2D eigenvalue weighted by molar-refractivity contribution is 6.14. The zero-order chi connectivity index (χ0) is 20.7. The molecule has 0 unspecified atom stereocenters. The molecule has 2 aliphatic rings. The summed E-state index contributed by atoms with van der Waals surface area (Å²) >= 11 is 0. The predicted molar refractivity (Wildman–Crippen MR) is 111 cm³/mol. The van der Waals surface area contributed by atoms with Gasteiger partial charge in [-0.25, -0.2) is 4.79 Å². The number of benzene rings is 1. The molecule has 3 amide bonds. The molecule has 0 bridgehead atoms. The molecule has 1 aliphatic carbocycles. The van der Waals surface area contributed by atoms with Crippen LogP contribution in [0.15, 0.2) is 36.2 Å². The third-order valence-electron chi connectivity index (χ3n) is 4.90. The van der Waals surface area contributed by atoms with Crippen LogP contribution in [0.3, 0.4) is 0 Å². The lowest BCUT2D eigenvalue weighted by atomic mass is 10.1. The SMILES string of the molecule is Cc1ccc(CNc2nc(NC3CC3)n3ncc(/C=C4\NC(=O)NC4=O)c3n2)cc1. The maximum absolute atomic E-state index is 11.9. The Morgan fingerprint density at radius 1 is 1.17 bits per heavy atom. The number of imide groups is 1. The van der Waals surface area contributed by atoms with E-state index >= 15 is 0 Å². The maximum atomic E-state index is 11.9. The van der Waals surface area contributed by atoms with E-state index in [9.17, 15) is 9.59 Å². The van der Waals surface area contributed by atoms with E-state index in [-0.39, 0.29) is 5.70 Å². The van der Waals surface area contributed by atoms with E-state index in [0.29, 0.717) is 35.7 Å². The van der Waals surface area contributed by atoms with Gasteiger partial charge >= 0.3 is 6.03 Å². The first kappa shape index (κ1) is 18.1. The first-order chi connectivity index (χ1) is 14.5. The zero-order valence-electron chi connectivity index (χ0n) is 16.3.